The molecule has 1 heterocycles. The molecule has 0 unspecified atom stereocenters. The normalized spacial score (nSPS) is 19.6. The predicted molar refractivity (Wildman–Crippen MR) is 86.2 cm³/mol. The van der Waals surface area contributed by atoms with Crippen molar-refractivity contribution in [2.45, 2.75) is 36.4 Å². The van der Waals surface area contributed by atoms with Gasteiger partial charge in [-0.2, -0.15) is 13.2 Å². The molecule has 1 N–H and O–H groups in total. The summed E-state index contributed by atoms with van der Waals surface area (Å²) >= 11 is 6.34. The van der Waals surface area contributed by atoms with Crippen molar-refractivity contribution in [3.8, 4) is 0 Å². The molecule has 1 atom stereocenters. The van der Waals surface area contributed by atoms with E-state index in [9.17, 15) is 22.7 Å². The Hall–Kier alpha value is -1.86. The van der Waals surface area contributed by atoms with Crippen LogP contribution in [0.25, 0.3) is 11.8 Å². The van der Waals surface area contributed by atoms with Crippen LogP contribution in [0.1, 0.15) is 31.0 Å². The van der Waals surface area contributed by atoms with Gasteiger partial charge in [0, 0.05) is 17.3 Å². The highest BCUT2D eigenvalue weighted by Crippen LogP contribution is 2.55. The Bertz CT molecular complexity index is 822. The zero-order chi connectivity index (χ0) is 18.5. The van der Waals surface area contributed by atoms with Crippen molar-refractivity contribution in [1.82, 2.24) is 9.55 Å². The Kier molecular flexibility index (Phi) is 4.20. The largest absolute Gasteiger partial charge is 0.433 e. The molecule has 1 aliphatic carbocycles. The molecule has 3 nitrogen and oxygen atoms in total. The van der Waals surface area contributed by atoms with Crippen molar-refractivity contribution in [2.75, 3.05) is 0 Å². The molecule has 0 spiro atoms. The van der Waals surface area contributed by atoms with Gasteiger partial charge in [-0.15, -0.1) is 11.6 Å². The van der Waals surface area contributed by atoms with Crippen molar-refractivity contribution in [3.63, 3.8) is 0 Å². The van der Waals surface area contributed by atoms with Gasteiger partial charge in [0.25, 0.3) is 0 Å². The quantitative estimate of drug-likeness (QED) is 0.629. The average Bonchev–Trinajstić information content (AvgIpc) is 3.10. The molecule has 8 heteroatoms. The molecule has 1 aromatic heterocycles. The number of hydrogen-bond donors (Lipinski definition) is 1. The Labute approximate surface area is 146 Å². The molecule has 0 amide bonds. The summed E-state index contributed by atoms with van der Waals surface area (Å²) in [6.45, 7) is 1.38. The maximum absolute atomic E-state index is 14.3. The van der Waals surface area contributed by atoms with Gasteiger partial charge in [-0.3, -0.25) is 0 Å². The van der Waals surface area contributed by atoms with E-state index in [1.807, 2.05) is 0 Å². The number of nitrogens with zero attached hydrogens (tertiary/aromatic N) is 2. The number of rotatable bonds is 4. The summed E-state index contributed by atoms with van der Waals surface area (Å²) in [6.07, 6.45) is -1.04. The molecule has 0 radical (unpaired) electrons. The van der Waals surface area contributed by atoms with Crippen molar-refractivity contribution in [1.29, 1.82) is 0 Å². The lowest BCUT2D eigenvalue weighted by Gasteiger charge is -2.32. The predicted octanol–water partition coefficient (Wildman–Crippen LogP) is 4.56. The second kappa shape index (κ2) is 5.85. The number of aromatic nitrogens is 2. The fourth-order valence-corrected chi connectivity index (χ4v) is 2.94. The zero-order valence-electron chi connectivity index (χ0n) is 13.2. The van der Waals surface area contributed by atoms with Crippen molar-refractivity contribution < 1.29 is 22.7 Å². The first-order chi connectivity index (χ1) is 11.6. The lowest BCUT2D eigenvalue weighted by molar-refractivity contribution is -0.142. The van der Waals surface area contributed by atoms with Crippen molar-refractivity contribution in [2.24, 2.45) is 0 Å². The summed E-state index contributed by atoms with van der Waals surface area (Å²) in [7, 11) is 0. The SMILES string of the molecule is C[C@](O)(C(=Cn1cncc1C(F)(F)F)c1ccccc1F)C1(Cl)CC1. The molecule has 1 aliphatic rings. The minimum atomic E-state index is -4.64. The van der Waals surface area contributed by atoms with Crippen LogP contribution in [0.5, 0.6) is 0 Å². The molecule has 0 saturated heterocycles. The van der Waals surface area contributed by atoms with Gasteiger partial charge in [-0.1, -0.05) is 18.2 Å². The molecule has 2 aromatic rings. The van der Waals surface area contributed by atoms with E-state index in [2.05, 4.69) is 4.98 Å². The van der Waals surface area contributed by atoms with E-state index in [0.717, 1.165) is 17.1 Å². The van der Waals surface area contributed by atoms with Crippen LogP contribution < -0.4 is 0 Å². The van der Waals surface area contributed by atoms with Gasteiger partial charge < -0.3 is 9.67 Å². The van der Waals surface area contributed by atoms with Crippen LogP contribution in [-0.4, -0.2) is 25.1 Å². The average molecular weight is 375 g/mol. The molecule has 0 aliphatic heterocycles. The molecule has 134 valence electrons. The van der Waals surface area contributed by atoms with Gasteiger partial charge in [0.05, 0.1) is 17.4 Å². The summed E-state index contributed by atoms with van der Waals surface area (Å²) in [5.41, 5.74) is -2.82. The first-order valence-electron chi connectivity index (χ1n) is 7.54. The smallest absolute Gasteiger partial charge is 0.384 e. The number of hydrogen-bond acceptors (Lipinski definition) is 2. The molecular weight excluding hydrogens is 360 g/mol. The molecular formula is C17H15ClF4N2O. The molecule has 3 rings (SSSR count). The first kappa shape index (κ1) is 17.9. The van der Waals surface area contributed by atoms with Crippen LogP contribution in [0.4, 0.5) is 17.6 Å². The summed E-state index contributed by atoms with van der Waals surface area (Å²) in [5, 5.41) is 11.0. The highest BCUT2D eigenvalue weighted by molar-refractivity contribution is 6.28. The van der Waals surface area contributed by atoms with Crippen LogP contribution in [0.15, 0.2) is 36.8 Å². The van der Waals surface area contributed by atoms with Gasteiger partial charge in [0.1, 0.15) is 17.1 Å². The van der Waals surface area contributed by atoms with E-state index in [0.29, 0.717) is 19.0 Å². The number of alkyl halides is 4. The Morgan fingerprint density at radius 3 is 2.52 bits per heavy atom. The van der Waals surface area contributed by atoms with Gasteiger partial charge in [0.2, 0.25) is 0 Å². The number of benzene rings is 1. The van der Waals surface area contributed by atoms with Crippen LogP contribution in [0, 0.1) is 5.82 Å². The lowest BCUT2D eigenvalue weighted by Crippen LogP contribution is -2.39. The van der Waals surface area contributed by atoms with Crippen LogP contribution in [-0.2, 0) is 6.18 Å². The molecule has 1 aromatic carbocycles. The maximum atomic E-state index is 14.3. The third-order valence-corrected chi connectivity index (χ3v) is 5.22. The van der Waals surface area contributed by atoms with E-state index in [1.54, 1.807) is 0 Å². The Morgan fingerprint density at radius 2 is 1.96 bits per heavy atom. The van der Waals surface area contributed by atoms with E-state index >= 15 is 0 Å². The lowest BCUT2D eigenvalue weighted by atomic mass is 9.85. The van der Waals surface area contributed by atoms with Gasteiger partial charge in [-0.25, -0.2) is 9.37 Å². The standard InChI is InChI=1S/C17H15ClF4N2O/c1-15(25,16(18)6-7-16)12(11-4-2-3-5-13(11)19)9-24-10-23-8-14(24)17(20,21)22/h2-5,8-10,25H,6-7H2,1H3/t15-/m0/s1. The topological polar surface area (TPSA) is 38.0 Å². The third kappa shape index (κ3) is 3.18. The van der Waals surface area contributed by atoms with E-state index in [-0.39, 0.29) is 11.1 Å². The first-order valence-corrected chi connectivity index (χ1v) is 7.91. The van der Waals surface area contributed by atoms with Gasteiger partial charge >= 0.3 is 6.18 Å². The Balaban J connectivity index is 2.20. The van der Waals surface area contributed by atoms with Gasteiger partial charge in [0.15, 0.2) is 0 Å². The molecule has 1 saturated carbocycles. The second-order valence-corrected chi connectivity index (χ2v) is 6.97. The monoisotopic (exact) mass is 374 g/mol. The third-order valence-electron chi connectivity index (χ3n) is 4.47. The van der Waals surface area contributed by atoms with E-state index in [1.165, 1.54) is 31.2 Å². The summed E-state index contributed by atoms with van der Waals surface area (Å²) in [6, 6.07) is 5.56. The molecule has 0 bridgehead atoms. The molecule has 1 fully saturated rings. The van der Waals surface area contributed by atoms with E-state index in [4.69, 9.17) is 11.6 Å². The fourth-order valence-electron chi connectivity index (χ4n) is 2.74. The van der Waals surface area contributed by atoms with E-state index < -0.39 is 28.2 Å². The minimum absolute atomic E-state index is 0.0127. The number of halogens is 5. The highest BCUT2D eigenvalue weighted by Gasteiger charge is 2.57. The zero-order valence-corrected chi connectivity index (χ0v) is 13.9. The second-order valence-electron chi connectivity index (χ2n) is 6.24. The van der Waals surface area contributed by atoms with Crippen LogP contribution in [0.3, 0.4) is 0 Å². The number of imidazole rings is 1. The van der Waals surface area contributed by atoms with Gasteiger partial charge in [-0.05, 0) is 25.8 Å². The van der Waals surface area contributed by atoms with Crippen molar-refractivity contribution in [3.05, 3.63) is 53.9 Å². The summed E-state index contributed by atoms with van der Waals surface area (Å²) in [5.74, 6) is -0.663. The minimum Gasteiger partial charge on any atom is -0.384 e. The van der Waals surface area contributed by atoms with Crippen LogP contribution in [0.2, 0.25) is 0 Å². The Morgan fingerprint density at radius 1 is 1.32 bits per heavy atom. The highest BCUT2D eigenvalue weighted by atomic mass is 35.5. The fraction of sp³-hybridized carbons (Fsp3) is 0.353. The number of aliphatic hydroxyl groups is 1. The summed E-state index contributed by atoms with van der Waals surface area (Å²) in [4.78, 5) is 2.47. The summed E-state index contributed by atoms with van der Waals surface area (Å²) < 4.78 is 54.3. The van der Waals surface area contributed by atoms with Crippen LogP contribution >= 0.6 is 11.6 Å². The maximum Gasteiger partial charge on any atom is 0.433 e. The molecule has 25 heavy (non-hydrogen) atoms. The van der Waals surface area contributed by atoms with Crippen molar-refractivity contribution >= 4 is 23.4 Å².